The molecule has 4 nitrogen and oxygen atoms in total. The Balaban J connectivity index is 1.62. The highest BCUT2D eigenvalue weighted by Gasteiger charge is 2.60. The SMILES string of the molecule is CN1CCC(N2C(=O)C3(CC3)NC2c2cccs2)CC1. The van der Waals surface area contributed by atoms with Crippen LogP contribution in [-0.4, -0.2) is 47.4 Å². The Hall–Kier alpha value is -0.910. The summed E-state index contributed by atoms with van der Waals surface area (Å²) in [5, 5.41) is 5.73. The lowest BCUT2D eigenvalue weighted by molar-refractivity contribution is -0.134. The molecule has 1 saturated carbocycles. The summed E-state index contributed by atoms with van der Waals surface area (Å²) < 4.78 is 0. The van der Waals surface area contributed by atoms with Gasteiger partial charge in [-0.15, -0.1) is 11.3 Å². The summed E-state index contributed by atoms with van der Waals surface area (Å²) in [7, 11) is 2.17. The second-order valence-corrected chi connectivity index (χ2v) is 7.37. The van der Waals surface area contributed by atoms with Crippen LogP contribution in [0.15, 0.2) is 17.5 Å². The summed E-state index contributed by atoms with van der Waals surface area (Å²) >= 11 is 1.75. The van der Waals surface area contributed by atoms with Crippen LogP contribution >= 0.6 is 11.3 Å². The number of carbonyl (C=O) groups is 1. The van der Waals surface area contributed by atoms with Gasteiger partial charge in [-0.2, -0.15) is 0 Å². The lowest BCUT2D eigenvalue weighted by Crippen LogP contribution is -2.46. The average Bonchev–Trinajstić information content (AvgIpc) is 2.92. The van der Waals surface area contributed by atoms with E-state index in [1.165, 1.54) is 4.88 Å². The molecule has 1 aliphatic carbocycles. The first-order chi connectivity index (χ1) is 9.70. The first kappa shape index (κ1) is 12.8. The van der Waals surface area contributed by atoms with Gasteiger partial charge in [-0.05, 0) is 57.3 Å². The van der Waals surface area contributed by atoms with Crippen molar-refractivity contribution in [2.75, 3.05) is 20.1 Å². The van der Waals surface area contributed by atoms with Crippen molar-refractivity contribution < 1.29 is 4.79 Å². The van der Waals surface area contributed by atoms with E-state index in [2.05, 4.69) is 39.7 Å². The molecule has 2 saturated heterocycles. The third-order valence-corrected chi connectivity index (χ3v) is 5.90. The van der Waals surface area contributed by atoms with Gasteiger partial charge >= 0.3 is 0 Å². The van der Waals surface area contributed by atoms with Gasteiger partial charge in [-0.3, -0.25) is 10.1 Å². The van der Waals surface area contributed by atoms with E-state index in [1.807, 2.05) is 0 Å². The van der Waals surface area contributed by atoms with E-state index in [0.717, 1.165) is 38.8 Å². The van der Waals surface area contributed by atoms with Gasteiger partial charge in [0.15, 0.2) is 0 Å². The molecule has 0 bridgehead atoms. The highest BCUT2D eigenvalue weighted by molar-refractivity contribution is 7.10. The van der Waals surface area contributed by atoms with Gasteiger partial charge in [0, 0.05) is 10.9 Å². The van der Waals surface area contributed by atoms with Crippen molar-refractivity contribution in [3.05, 3.63) is 22.4 Å². The zero-order valence-electron chi connectivity index (χ0n) is 11.8. The van der Waals surface area contributed by atoms with Crippen LogP contribution in [0.5, 0.6) is 0 Å². The van der Waals surface area contributed by atoms with Gasteiger partial charge < -0.3 is 9.80 Å². The fourth-order valence-electron chi connectivity index (χ4n) is 3.55. The predicted molar refractivity (Wildman–Crippen MR) is 79.5 cm³/mol. The quantitative estimate of drug-likeness (QED) is 0.902. The van der Waals surface area contributed by atoms with Crippen LogP contribution in [-0.2, 0) is 4.79 Å². The Bertz CT molecular complexity index is 503. The highest BCUT2D eigenvalue weighted by Crippen LogP contribution is 2.48. The molecule has 5 heteroatoms. The van der Waals surface area contributed by atoms with Gasteiger partial charge in [0.2, 0.25) is 5.91 Å². The molecule has 0 radical (unpaired) electrons. The minimum Gasteiger partial charge on any atom is -0.317 e. The number of hydrogen-bond acceptors (Lipinski definition) is 4. The number of thiophene rings is 1. The first-order valence-corrected chi connectivity index (χ1v) is 8.40. The molecule has 0 aromatic carbocycles. The maximum atomic E-state index is 12.8. The summed E-state index contributed by atoms with van der Waals surface area (Å²) in [6.45, 7) is 2.19. The summed E-state index contributed by atoms with van der Waals surface area (Å²) in [5.74, 6) is 0.352. The zero-order chi connectivity index (χ0) is 13.7. The molecule has 1 unspecified atom stereocenters. The minimum absolute atomic E-state index is 0.110. The highest BCUT2D eigenvalue weighted by atomic mass is 32.1. The average molecular weight is 291 g/mol. The van der Waals surface area contributed by atoms with E-state index in [4.69, 9.17) is 0 Å². The molecule has 1 N–H and O–H groups in total. The monoisotopic (exact) mass is 291 g/mol. The topological polar surface area (TPSA) is 35.6 Å². The largest absolute Gasteiger partial charge is 0.317 e. The third-order valence-electron chi connectivity index (χ3n) is 4.98. The second-order valence-electron chi connectivity index (χ2n) is 6.39. The summed E-state index contributed by atoms with van der Waals surface area (Å²) in [6, 6.07) is 4.63. The van der Waals surface area contributed by atoms with Crippen molar-refractivity contribution in [3.63, 3.8) is 0 Å². The number of carbonyl (C=O) groups excluding carboxylic acids is 1. The maximum absolute atomic E-state index is 12.8. The Kier molecular flexibility index (Phi) is 2.91. The van der Waals surface area contributed by atoms with Crippen molar-refractivity contribution in [2.24, 2.45) is 0 Å². The molecule has 1 atom stereocenters. The fraction of sp³-hybridized carbons (Fsp3) is 0.667. The van der Waals surface area contributed by atoms with E-state index >= 15 is 0 Å². The van der Waals surface area contributed by atoms with Crippen LogP contribution < -0.4 is 5.32 Å². The molecule has 2 aliphatic heterocycles. The van der Waals surface area contributed by atoms with Crippen LogP contribution in [0, 0.1) is 0 Å². The Morgan fingerprint density at radius 2 is 2.10 bits per heavy atom. The Labute approximate surface area is 123 Å². The number of nitrogens with zero attached hydrogens (tertiary/aromatic N) is 2. The minimum atomic E-state index is -0.210. The van der Waals surface area contributed by atoms with Gasteiger partial charge in [0.1, 0.15) is 11.7 Å². The van der Waals surface area contributed by atoms with E-state index < -0.39 is 0 Å². The molecule has 20 heavy (non-hydrogen) atoms. The molecule has 1 aromatic rings. The molecule has 3 aliphatic rings. The summed E-state index contributed by atoms with van der Waals surface area (Å²) in [4.78, 5) is 18.6. The molecule has 4 rings (SSSR count). The van der Waals surface area contributed by atoms with Crippen molar-refractivity contribution in [1.82, 2.24) is 15.1 Å². The van der Waals surface area contributed by atoms with Crippen molar-refractivity contribution in [2.45, 2.75) is 43.4 Å². The lowest BCUT2D eigenvalue weighted by Gasteiger charge is -2.37. The second kappa shape index (κ2) is 4.55. The van der Waals surface area contributed by atoms with Crippen molar-refractivity contribution >= 4 is 17.2 Å². The van der Waals surface area contributed by atoms with Gasteiger partial charge in [0.05, 0.1) is 0 Å². The number of nitrogens with one attached hydrogen (secondary N) is 1. The normalized spacial score (nSPS) is 30.4. The van der Waals surface area contributed by atoms with Crippen LogP contribution in [0.2, 0.25) is 0 Å². The van der Waals surface area contributed by atoms with E-state index in [9.17, 15) is 4.79 Å². The summed E-state index contributed by atoms with van der Waals surface area (Å²) in [6.07, 6.45) is 4.33. The first-order valence-electron chi connectivity index (χ1n) is 7.52. The van der Waals surface area contributed by atoms with Gasteiger partial charge in [-0.25, -0.2) is 0 Å². The summed E-state index contributed by atoms with van der Waals surface area (Å²) in [5.41, 5.74) is -0.210. The van der Waals surface area contributed by atoms with Crippen LogP contribution in [0.4, 0.5) is 0 Å². The third kappa shape index (κ3) is 1.91. The number of hydrogen-bond donors (Lipinski definition) is 1. The van der Waals surface area contributed by atoms with Crippen LogP contribution in [0.3, 0.4) is 0 Å². The molecule has 1 spiro atoms. The number of piperidine rings is 1. The molecule has 3 heterocycles. The van der Waals surface area contributed by atoms with Crippen LogP contribution in [0.1, 0.15) is 36.7 Å². The zero-order valence-corrected chi connectivity index (χ0v) is 12.7. The smallest absolute Gasteiger partial charge is 0.244 e. The number of amides is 1. The molecule has 1 aromatic heterocycles. The van der Waals surface area contributed by atoms with Gasteiger partial charge in [0.25, 0.3) is 0 Å². The number of likely N-dealkylation sites (tertiary alicyclic amines) is 1. The lowest BCUT2D eigenvalue weighted by atomic mass is 10.0. The van der Waals surface area contributed by atoms with E-state index in [0.29, 0.717) is 11.9 Å². The molecule has 108 valence electrons. The number of rotatable bonds is 2. The van der Waals surface area contributed by atoms with E-state index in [-0.39, 0.29) is 11.7 Å². The predicted octanol–water partition coefficient (Wildman–Crippen LogP) is 1.81. The van der Waals surface area contributed by atoms with Crippen LogP contribution in [0.25, 0.3) is 0 Å². The standard InChI is InChI=1S/C15H21N3OS/c1-17-8-4-11(5-9-17)18-13(12-3-2-10-20-12)16-15(6-7-15)14(18)19/h2-3,10-11,13,16H,4-9H2,1H3. The fourth-order valence-corrected chi connectivity index (χ4v) is 4.32. The van der Waals surface area contributed by atoms with Gasteiger partial charge in [-0.1, -0.05) is 6.07 Å². The molecular weight excluding hydrogens is 270 g/mol. The van der Waals surface area contributed by atoms with E-state index in [1.54, 1.807) is 11.3 Å². The molecular formula is C15H21N3OS. The Morgan fingerprint density at radius 1 is 1.35 bits per heavy atom. The molecule has 3 fully saturated rings. The van der Waals surface area contributed by atoms with Crippen molar-refractivity contribution in [3.8, 4) is 0 Å². The van der Waals surface area contributed by atoms with Crippen molar-refractivity contribution in [1.29, 1.82) is 0 Å². The maximum Gasteiger partial charge on any atom is 0.244 e. The Morgan fingerprint density at radius 3 is 2.70 bits per heavy atom. The molecule has 1 amide bonds.